The fraction of sp³-hybridized carbons (Fsp3) is 0.100. The summed E-state index contributed by atoms with van der Waals surface area (Å²) in [6, 6.07) is 14.3. The third kappa shape index (κ3) is 4.98. The summed E-state index contributed by atoms with van der Waals surface area (Å²) in [6.07, 6.45) is 0. The second kappa shape index (κ2) is 8.26. The molecule has 0 unspecified atom stereocenters. The second-order valence-corrected chi connectivity index (χ2v) is 6.41. The highest BCUT2D eigenvalue weighted by Crippen LogP contribution is 2.21. The Kier molecular flexibility index (Phi) is 5.59. The molecule has 0 saturated heterocycles. The van der Waals surface area contributed by atoms with E-state index >= 15 is 0 Å². The Balaban J connectivity index is 1.73. The molecule has 29 heavy (non-hydrogen) atoms. The molecule has 0 spiro atoms. The Morgan fingerprint density at radius 1 is 0.897 bits per heavy atom. The Morgan fingerprint density at radius 3 is 2.24 bits per heavy atom. The molecule has 9 nitrogen and oxygen atoms in total. The van der Waals surface area contributed by atoms with E-state index < -0.39 is 0 Å². The van der Waals surface area contributed by atoms with Crippen molar-refractivity contribution in [2.45, 2.75) is 13.8 Å². The van der Waals surface area contributed by atoms with E-state index in [1.807, 2.05) is 18.2 Å². The van der Waals surface area contributed by atoms with E-state index in [1.165, 1.54) is 6.92 Å². The molecule has 0 radical (unpaired) electrons. The third-order valence-electron chi connectivity index (χ3n) is 4.06. The van der Waals surface area contributed by atoms with Gasteiger partial charge in [-0.05, 0) is 42.8 Å². The summed E-state index contributed by atoms with van der Waals surface area (Å²) in [5.41, 5.74) is 14.4. The number of aromatic nitrogens is 1. The van der Waals surface area contributed by atoms with Crippen molar-refractivity contribution in [2.75, 3.05) is 10.6 Å². The number of rotatable bonds is 5. The van der Waals surface area contributed by atoms with Crippen molar-refractivity contribution in [3.05, 3.63) is 59.8 Å². The van der Waals surface area contributed by atoms with Crippen LogP contribution in [0.2, 0.25) is 0 Å². The molecule has 0 aliphatic heterocycles. The largest absolute Gasteiger partial charge is 0.369 e. The smallest absolute Gasteiger partial charge is 0.272 e. The number of nitrogens with two attached hydrogens (primary N) is 2. The molecular weight excluding hydrogens is 370 g/mol. The molecule has 1 heterocycles. The lowest BCUT2D eigenvalue weighted by atomic mass is 10.1. The predicted molar refractivity (Wildman–Crippen MR) is 115 cm³/mol. The van der Waals surface area contributed by atoms with E-state index in [0.29, 0.717) is 22.8 Å². The molecule has 0 aliphatic carbocycles. The number of aromatic amines is 1. The highest BCUT2D eigenvalue weighted by Gasteiger charge is 2.11. The normalized spacial score (nSPS) is 11.2. The van der Waals surface area contributed by atoms with Gasteiger partial charge in [-0.15, -0.1) is 5.10 Å². The zero-order chi connectivity index (χ0) is 21.0. The maximum absolute atomic E-state index is 12.6. The first-order valence-electron chi connectivity index (χ1n) is 8.77. The molecule has 148 valence electrons. The van der Waals surface area contributed by atoms with Gasteiger partial charge in [0.1, 0.15) is 5.69 Å². The summed E-state index contributed by atoms with van der Waals surface area (Å²) >= 11 is 0. The van der Waals surface area contributed by atoms with E-state index in [4.69, 9.17) is 11.5 Å². The molecule has 0 atom stereocenters. The van der Waals surface area contributed by atoms with Crippen molar-refractivity contribution in [3.63, 3.8) is 0 Å². The lowest BCUT2D eigenvalue weighted by Gasteiger charge is -2.05. The van der Waals surface area contributed by atoms with Crippen LogP contribution in [-0.4, -0.2) is 28.5 Å². The van der Waals surface area contributed by atoms with Gasteiger partial charge < -0.3 is 27.1 Å². The van der Waals surface area contributed by atoms with Crippen LogP contribution in [0.4, 0.5) is 11.4 Å². The third-order valence-corrected chi connectivity index (χ3v) is 4.06. The van der Waals surface area contributed by atoms with Gasteiger partial charge >= 0.3 is 0 Å². The first kappa shape index (κ1) is 19.6. The number of hydrogen-bond donors (Lipinski definition) is 5. The van der Waals surface area contributed by atoms with Crippen LogP contribution < -0.4 is 22.1 Å². The number of nitrogens with one attached hydrogen (secondary N) is 3. The van der Waals surface area contributed by atoms with Crippen LogP contribution in [0.1, 0.15) is 29.9 Å². The fourth-order valence-corrected chi connectivity index (χ4v) is 2.71. The quantitative estimate of drug-likeness (QED) is 0.258. The van der Waals surface area contributed by atoms with Crippen LogP contribution >= 0.6 is 0 Å². The number of hydrogen-bond acceptors (Lipinski definition) is 4. The summed E-state index contributed by atoms with van der Waals surface area (Å²) in [6.45, 7) is 3.22. The van der Waals surface area contributed by atoms with Crippen molar-refractivity contribution in [2.24, 2.45) is 21.7 Å². The van der Waals surface area contributed by atoms with Crippen LogP contribution in [0.3, 0.4) is 0 Å². The van der Waals surface area contributed by atoms with Gasteiger partial charge in [0.05, 0.1) is 5.71 Å². The molecule has 2 aromatic carbocycles. The van der Waals surface area contributed by atoms with Crippen LogP contribution in [0, 0.1) is 0 Å². The van der Waals surface area contributed by atoms with E-state index in [9.17, 15) is 9.59 Å². The van der Waals surface area contributed by atoms with Crippen LogP contribution in [0.15, 0.2) is 58.7 Å². The highest BCUT2D eigenvalue weighted by molar-refractivity contribution is 6.06. The Bertz CT molecular complexity index is 1120. The zero-order valence-corrected chi connectivity index (χ0v) is 16.0. The molecule has 9 heteroatoms. The maximum atomic E-state index is 12.6. The van der Waals surface area contributed by atoms with Crippen LogP contribution in [0.25, 0.3) is 10.9 Å². The average molecular weight is 391 g/mol. The van der Waals surface area contributed by atoms with Crippen molar-refractivity contribution in [3.8, 4) is 0 Å². The number of carbonyl (C=O) groups excluding carboxylic acids is 2. The molecule has 0 bridgehead atoms. The fourth-order valence-electron chi connectivity index (χ4n) is 2.71. The van der Waals surface area contributed by atoms with Crippen molar-refractivity contribution >= 4 is 45.8 Å². The van der Waals surface area contributed by atoms with Crippen LogP contribution in [0.5, 0.6) is 0 Å². The number of H-pyrrole nitrogens is 1. The van der Waals surface area contributed by atoms with Crippen molar-refractivity contribution in [1.29, 1.82) is 0 Å². The molecule has 2 amide bonds. The number of nitrogens with zero attached hydrogens (tertiary/aromatic N) is 2. The molecule has 0 aliphatic rings. The first-order chi connectivity index (χ1) is 13.8. The summed E-state index contributed by atoms with van der Waals surface area (Å²) < 4.78 is 0. The molecular formula is C20H21N7O2. The van der Waals surface area contributed by atoms with E-state index in [0.717, 1.165) is 16.5 Å². The minimum absolute atomic E-state index is 0.115. The molecule has 1 aromatic heterocycles. The van der Waals surface area contributed by atoms with E-state index in [1.54, 1.807) is 37.3 Å². The molecule has 3 aromatic rings. The molecule has 0 fully saturated rings. The second-order valence-electron chi connectivity index (χ2n) is 6.41. The Hall–Kier alpha value is -4.14. The summed E-state index contributed by atoms with van der Waals surface area (Å²) in [4.78, 5) is 26.8. The minimum atomic E-state index is -0.277. The van der Waals surface area contributed by atoms with Crippen molar-refractivity contribution < 1.29 is 9.59 Å². The zero-order valence-electron chi connectivity index (χ0n) is 16.0. The van der Waals surface area contributed by atoms with Gasteiger partial charge in [0.25, 0.3) is 5.91 Å². The maximum Gasteiger partial charge on any atom is 0.272 e. The number of guanidine groups is 1. The number of carbonyl (C=O) groups is 2. The van der Waals surface area contributed by atoms with E-state index in [2.05, 4.69) is 25.8 Å². The van der Waals surface area contributed by atoms with Gasteiger partial charge in [0, 0.05) is 29.2 Å². The summed E-state index contributed by atoms with van der Waals surface area (Å²) in [5, 5.41) is 14.0. The minimum Gasteiger partial charge on any atom is -0.369 e. The average Bonchev–Trinajstić information content (AvgIpc) is 3.09. The van der Waals surface area contributed by atoms with Gasteiger partial charge in [-0.3, -0.25) is 9.59 Å². The van der Waals surface area contributed by atoms with E-state index in [-0.39, 0.29) is 17.8 Å². The standard InChI is InChI=1S/C20H21N7O2/c1-11(26-27-20(21)22)13-3-6-15(7-4-13)24-19(29)18-9-14-5-8-16(23-12(2)28)10-17(14)25-18/h3-10,25H,1-2H3,(H,23,28)(H,24,29)(H4,21,22,27). The number of fused-ring (bicyclic) bond motifs is 1. The molecule has 0 saturated carbocycles. The van der Waals surface area contributed by atoms with Gasteiger partial charge in [-0.25, -0.2) is 0 Å². The lowest BCUT2D eigenvalue weighted by Crippen LogP contribution is -2.22. The number of amides is 2. The van der Waals surface area contributed by atoms with Gasteiger partial charge in [0.15, 0.2) is 0 Å². The van der Waals surface area contributed by atoms with Crippen LogP contribution in [-0.2, 0) is 4.79 Å². The van der Waals surface area contributed by atoms with Gasteiger partial charge in [0.2, 0.25) is 11.9 Å². The first-order valence-corrected chi connectivity index (χ1v) is 8.77. The Morgan fingerprint density at radius 2 is 1.59 bits per heavy atom. The SMILES string of the molecule is CC(=O)Nc1ccc2cc(C(=O)Nc3ccc(C(C)=NN=C(N)N)cc3)[nH]c2c1. The topological polar surface area (TPSA) is 151 Å². The number of benzene rings is 2. The number of anilines is 2. The summed E-state index contributed by atoms with van der Waals surface area (Å²) in [5.74, 6) is -0.549. The van der Waals surface area contributed by atoms with Gasteiger partial charge in [-0.1, -0.05) is 18.2 Å². The monoisotopic (exact) mass is 391 g/mol. The Labute approximate surface area is 166 Å². The molecule has 7 N–H and O–H groups in total. The van der Waals surface area contributed by atoms with Gasteiger partial charge in [-0.2, -0.15) is 5.10 Å². The lowest BCUT2D eigenvalue weighted by molar-refractivity contribution is -0.114. The predicted octanol–water partition coefficient (Wildman–Crippen LogP) is 2.38. The van der Waals surface area contributed by atoms with Crippen molar-refractivity contribution in [1.82, 2.24) is 4.98 Å². The summed E-state index contributed by atoms with van der Waals surface area (Å²) in [7, 11) is 0. The highest BCUT2D eigenvalue weighted by atomic mass is 16.2. The molecule has 3 rings (SSSR count).